The molecule has 0 saturated heterocycles. The van der Waals surface area contributed by atoms with Gasteiger partial charge in [-0.1, -0.05) is 0 Å². The Kier molecular flexibility index (Phi) is 19.5. The SMILES string of the molecule is O=S(=O)([O-])C(O)CCCCC(O)SOO[O-].[Na+].[Na+]. The largest absolute Gasteiger partial charge is 1.00 e. The average Bonchev–Trinajstić information content (AvgIpc) is 2.19. The van der Waals surface area contributed by atoms with Gasteiger partial charge >= 0.3 is 59.1 Å². The van der Waals surface area contributed by atoms with Crippen molar-refractivity contribution in [1.29, 1.82) is 0 Å². The standard InChI is InChI=1S/C6H14O8S2.2Na/c7-5(15-14-13-9)3-1-2-4-6(8)16(10,11)12;;/h5-9H,1-4H2,(H,10,11,12);;/q;2*+1/p-2. The summed E-state index contributed by atoms with van der Waals surface area (Å²) in [5, 5.41) is 30.3. The normalized spacial score (nSPS) is 14.2. The van der Waals surface area contributed by atoms with E-state index in [0.29, 0.717) is 18.5 Å². The van der Waals surface area contributed by atoms with Crippen LogP contribution in [0.5, 0.6) is 0 Å². The van der Waals surface area contributed by atoms with Gasteiger partial charge in [0.2, 0.25) is 0 Å². The second kappa shape index (κ2) is 14.0. The molecule has 2 atom stereocenters. The van der Waals surface area contributed by atoms with E-state index in [4.69, 9.17) is 10.2 Å². The van der Waals surface area contributed by atoms with Gasteiger partial charge in [0.05, 0.1) is 12.0 Å². The summed E-state index contributed by atoms with van der Waals surface area (Å²) in [7, 11) is -4.67. The van der Waals surface area contributed by atoms with Crippen molar-refractivity contribution < 1.29 is 96.9 Å². The van der Waals surface area contributed by atoms with E-state index in [1.807, 2.05) is 0 Å². The maximum Gasteiger partial charge on any atom is 1.00 e. The first-order chi connectivity index (χ1) is 7.38. The van der Waals surface area contributed by atoms with Crippen molar-refractivity contribution in [3.05, 3.63) is 0 Å². The smallest absolute Gasteiger partial charge is 0.746 e. The zero-order valence-electron chi connectivity index (χ0n) is 10.1. The minimum atomic E-state index is -4.67. The number of unbranched alkanes of at least 4 members (excludes halogenated alkanes) is 1. The van der Waals surface area contributed by atoms with E-state index in [1.165, 1.54) is 0 Å². The second-order valence-electron chi connectivity index (χ2n) is 2.92. The second-order valence-corrected chi connectivity index (χ2v) is 5.32. The maximum atomic E-state index is 10.3. The third kappa shape index (κ3) is 14.5. The summed E-state index contributed by atoms with van der Waals surface area (Å²) < 4.78 is 34.7. The zero-order valence-corrected chi connectivity index (χ0v) is 15.8. The van der Waals surface area contributed by atoms with Crippen molar-refractivity contribution in [1.82, 2.24) is 0 Å². The molecule has 0 aromatic carbocycles. The number of rotatable bonds is 9. The fourth-order valence-corrected chi connectivity index (χ4v) is 1.73. The number of aliphatic hydroxyl groups excluding tert-OH is 2. The minimum absolute atomic E-state index is 0. The average molecular weight is 322 g/mol. The molecule has 0 fully saturated rings. The molecule has 0 aliphatic carbocycles. The predicted octanol–water partition coefficient (Wildman–Crippen LogP) is -7.39. The van der Waals surface area contributed by atoms with Crippen LogP contribution in [0.3, 0.4) is 0 Å². The Bertz CT molecular complexity index is 275. The van der Waals surface area contributed by atoms with Crippen LogP contribution in [0, 0.1) is 0 Å². The van der Waals surface area contributed by atoms with Gasteiger partial charge in [-0.3, -0.25) is 5.04 Å². The van der Waals surface area contributed by atoms with Crippen molar-refractivity contribution in [2.75, 3.05) is 0 Å². The molecule has 0 aromatic heterocycles. The van der Waals surface area contributed by atoms with Crippen molar-refractivity contribution in [3.63, 3.8) is 0 Å². The van der Waals surface area contributed by atoms with E-state index >= 15 is 0 Å². The third-order valence-corrected chi connectivity index (χ3v) is 3.16. The quantitative estimate of drug-likeness (QED) is 0.0805. The Morgan fingerprint density at radius 2 is 1.67 bits per heavy atom. The van der Waals surface area contributed by atoms with Crippen LogP contribution < -0.4 is 64.4 Å². The minimum Gasteiger partial charge on any atom is -0.746 e. The summed E-state index contributed by atoms with van der Waals surface area (Å²) in [6.45, 7) is 0. The van der Waals surface area contributed by atoms with Crippen LogP contribution in [0.4, 0.5) is 0 Å². The molecule has 12 heteroatoms. The van der Waals surface area contributed by atoms with Crippen LogP contribution in [0.2, 0.25) is 0 Å². The van der Waals surface area contributed by atoms with Crippen LogP contribution in [0.1, 0.15) is 25.7 Å². The van der Waals surface area contributed by atoms with Gasteiger partial charge in [0.15, 0.2) is 0 Å². The molecule has 8 nitrogen and oxygen atoms in total. The van der Waals surface area contributed by atoms with E-state index in [9.17, 15) is 18.2 Å². The van der Waals surface area contributed by atoms with Crippen molar-refractivity contribution in [2.45, 2.75) is 36.6 Å². The molecule has 0 radical (unpaired) electrons. The van der Waals surface area contributed by atoms with E-state index in [-0.39, 0.29) is 78.4 Å². The van der Waals surface area contributed by atoms with Crippen molar-refractivity contribution in [2.24, 2.45) is 0 Å². The molecular weight excluding hydrogens is 310 g/mol. The Morgan fingerprint density at radius 3 is 2.11 bits per heavy atom. The third-order valence-electron chi connectivity index (χ3n) is 1.66. The van der Waals surface area contributed by atoms with E-state index in [0.717, 1.165) is 0 Å². The van der Waals surface area contributed by atoms with Gasteiger partial charge in [-0.15, -0.1) is 0 Å². The van der Waals surface area contributed by atoms with Crippen LogP contribution >= 0.6 is 12.0 Å². The predicted molar refractivity (Wildman–Crippen MR) is 49.9 cm³/mol. The fraction of sp³-hybridized carbons (Fsp3) is 1.00. The molecule has 2 N–H and O–H groups in total. The van der Waals surface area contributed by atoms with Crippen LogP contribution in [-0.2, 0) is 19.5 Å². The molecule has 2 unspecified atom stereocenters. The van der Waals surface area contributed by atoms with Gasteiger partial charge in [-0.2, -0.15) is 4.33 Å². The molecule has 0 amide bonds. The Labute approximate surface area is 154 Å². The van der Waals surface area contributed by atoms with E-state index in [1.54, 1.807) is 0 Å². The molecule has 0 aliphatic rings. The Hall–Kier alpha value is 2.06. The van der Waals surface area contributed by atoms with Crippen molar-refractivity contribution in [3.8, 4) is 0 Å². The van der Waals surface area contributed by atoms with Gasteiger partial charge in [-0.25, -0.2) is 8.42 Å². The maximum absolute atomic E-state index is 10.3. The van der Waals surface area contributed by atoms with Crippen molar-refractivity contribution >= 4 is 22.2 Å². The van der Waals surface area contributed by atoms with Crippen LogP contribution in [0.15, 0.2) is 0 Å². The number of hydrogen-bond acceptors (Lipinski definition) is 9. The molecule has 18 heavy (non-hydrogen) atoms. The Balaban J connectivity index is -0.00000112. The fourth-order valence-electron chi connectivity index (χ4n) is 0.892. The molecule has 0 bridgehead atoms. The summed E-state index contributed by atoms with van der Waals surface area (Å²) >= 11 is 0.419. The molecule has 0 rings (SSSR count). The van der Waals surface area contributed by atoms with Crippen LogP contribution in [0.25, 0.3) is 0 Å². The monoisotopic (exact) mass is 322 g/mol. The molecular formula is C6H12Na2O8S2. The van der Waals surface area contributed by atoms with Gasteiger partial charge < -0.3 is 20.0 Å². The number of hydrogen-bond donors (Lipinski definition) is 2. The summed E-state index contributed by atoms with van der Waals surface area (Å²) in [4.78, 5) is 0. The van der Waals surface area contributed by atoms with Crippen LogP contribution in [-0.4, -0.2) is 34.1 Å². The first-order valence-electron chi connectivity index (χ1n) is 4.30. The molecule has 98 valence electrons. The summed E-state index contributed by atoms with van der Waals surface area (Å²) in [6, 6.07) is 0. The summed E-state index contributed by atoms with van der Waals surface area (Å²) in [5.74, 6) is 0. The summed E-state index contributed by atoms with van der Waals surface area (Å²) in [6.07, 6.45) is 0.628. The molecule has 0 spiro atoms. The first kappa shape index (κ1) is 25.0. The van der Waals surface area contributed by atoms with Gasteiger partial charge in [0, 0.05) is 0 Å². The molecule has 0 heterocycles. The van der Waals surface area contributed by atoms with Gasteiger partial charge in [0.1, 0.15) is 21.0 Å². The van der Waals surface area contributed by atoms with E-state index < -0.39 is 21.0 Å². The first-order valence-corrected chi connectivity index (χ1v) is 6.58. The molecule has 0 aliphatic heterocycles. The zero-order chi connectivity index (χ0) is 12.6. The van der Waals surface area contributed by atoms with E-state index in [2.05, 4.69) is 9.37 Å². The Morgan fingerprint density at radius 1 is 1.17 bits per heavy atom. The molecule has 0 saturated carbocycles. The van der Waals surface area contributed by atoms with Gasteiger partial charge in [0.25, 0.3) is 0 Å². The van der Waals surface area contributed by atoms with Gasteiger partial charge in [-0.05, 0) is 25.7 Å². The number of aliphatic hydroxyl groups is 2. The molecule has 0 aromatic rings. The topological polar surface area (TPSA) is 139 Å². The summed E-state index contributed by atoms with van der Waals surface area (Å²) in [5.41, 5.74) is -2.91.